The van der Waals surface area contributed by atoms with E-state index < -0.39 is 0 Å². The topological polar surface area (TPSA) is 12.0 Å². The van der Waals surface area contributed by atoms with Crippen LogP contribution in [0.15, 0.2) is 15.9 Å². The molecule has 0 bridgehead atoms. The molecule has 0 radical (unpaired) electrons. The molecule has 1 aromatic heterocycles. The quantitative estimate of drug-likeness (QED) is 0.757. The molecule has 0 spiro atoms. The average molecular weight is 318 g/mol. The number of hydrogen-bond acceptors (Lipinski definition) is 2. The number of hydrogen-bond donors (Lipinski definition) is 1. The lowest BCUT2D eigenvalue weighted by Crippen LogP contribution is -2.27. The Morgan fingerprint density at radius 1 is 1.29 bits per heavy atom. The normalized spacial score (nSPS) is 12.4. The molecule has 17 heavy (non-hydrogen) atoms. The molecule has 0 aliphatic carbocycles. The van der Waals surface area contributed by atoms with E-state index in [4.69, 9.17) is 0 Å². The Kier molecular flexibility index (Phi) is 6.18. The van der Waals surface area contributed by atoms with Crippen LogP contribution in [0.5, 0.6) is 0 Å². The summed E-state index contributed by atoms with van der Waals surface area (Å²) in [5, 5.41) is 3.50. The van der Waals surface area contributed by atoms with Crippen LogP contribution in [0.3, 0.4) is 0 Å². The Bertz CT molecular complexity index is 331. The van der Waals surface area contributed by atoms with Gasteiger partial charge in [-0.2, -0.15) is 0 Å². The summed E-state index contributed by atoms with van der Waals surface area (Å²) in [7, 11) is 0. The molecule has 0 fully saturated rings. The van der Waals surface area contributed by atoms with Crippen molar-refractivity contribution in [3.05, 3.63) is 20.8 Å². The first-order chi connectivity index (χ1) is 7.89. The van der Waals surface area contributed by atoms with Gasteiger partial charge in [0.05, 0.1) is 3.79 Å². The van der Waals surface area contributed by atoms with Crippen molar-refractivity contribution in [3.63, 3.8) is 0 Å². The van der Waals surface area contributed by atoms with Crippen LogP contribution in [0, 0.1) is 5.41 Å². The van der Waals surface area contributed by atoms with E-state index in [1.165, 1.54) is 27.9 Å². The van der Waals surface area contributed by atoms with Gasteiger partial charge in [0, 0.05) is 10.9 Å². The molecule has 1 N–H and O–H groups in total. The predicted molar refractivity (Wildman–Crippen MR) is 81.9 cm³/mol. The van der Waals surface area contributed by atoms with Gasteiger partial charge in [0.1, 0.15) is 0 Å². The van der Waals surface area contributed by atoms with E-state index >= 15 is 0 Å². The molecular formula is C14H24BrNS. The van der Waals surface area contributed by atoms with E-state index in [2.05, 4.69) is 61.1 Å². The van der Waals surface area contributed by atoms with E-state index in [0.29, 0.717) is 11.5 Å². The van der Waals surface area contributed by atoms with Crippen molar-refractivity contribution >= 4 is 27.3 Å². The number of nitrogens with one attached hydrogen (secondary N) is 1. The SMILES string of the molecule is CC(C)NCCC(C)(C)CCc1ccc(Br)s1. The van der Waals surface area contributed by atoms with Gasteiger partial charge >= 0.3 is 0 Å². The fourth-order valence-corrected chi connectivity index (χ4v) is 3.25. The van der Waals surface area contributed by atoms with Crippen LogP contribution in [0.4, 0.5) is 0 Å². The van der Waals surface area contributed by atoms with E-state index in [-0.39, 0.29) is 0 Å². The summed E-state index contributed by atoms with van der Waals surface area (Å²) in [5.41, 5.74) is 0.429. The molecule has 0 aromatic carbocycles. The van der Waals surface area contributed by atoms with Crippen LogP contribution in [0.25, 0.3) is 0 Å². The summed E-state index contributed by atoms with van der Waals surface area (Å²) in [6.07, 6.45) is 3.71. The molecule has 1 heterocycles. The minimum Gasteiger partial charge on any atom is -0.315 e. The lowest BCUT2D eigenvalue weighted by molar-refractivity contribution is 0.299. The van der Waals surface area contributed by atoms with Crippen LogP contribution in [-0.2, 0) is 6.42 Å². The lowest BCUT2D eigenvalue weighted by Gasteiger charge is -2.25. The number of aryl methyl sites for hydroxylation is 1. The van der Waals surface area contributed by atoms with E-state index in [9.17, 15) is 0 Å². The van der Waals surface area contributed by atoms with Crippen LogP contribution >= 0.6 is 27.3 Å². The largest absolute Gasteiger partial charge is 0.315 e. The van der Waals surface area contributed by atoms with Crippen molar-refractivity contribution in [3.8, 4) is 0 Å². The number of halogens is 1. The second-order valence-electron chi connectivity index (χ2n) is 5.73. The van der Waals surface area contributed by atoms with Gasteiger partial charge in [-0.1, -0.05) is 27.7 Å². The molecule has 0 aliphatic rings. The maximum atomic E-state index is 3.52. The molecule has 0 aliphatic heterocycles. The third-order valence-corrected chi connectivity index (χ3v) is 4.71. The van der Waals surface area contributed by atoms with Crippen molar-refractivity contribution in [2.75, 3.05) is 6.54 Å². The summed E-state index contributed by atoms with van der Waals surface area (Å²) in [4.78, 5) is 1.49. The molecule has 0 saturated carbocycles. The van der Waals surface area contributed by atoms with Gasteiger partial charge in [-0.25, -0.2) is 0 Å². The van der Waals surface area contributed by atoms with Crippen molar-refractivity contribution in [1.29, 1.82) is 0 Å². The summed E-state index contributed by atoms with van der Waals surface area (Å²) >= 11 is 5.38. The molecule has 1 aromatic rings. The minimum absolute atomic E-state index is 0.429. The Balaban J connectivity index is 2.28. The molecular weight excluding hydrogens is 294 g/mol. The number of thiophene rings is 1. The van der Waals surface area contributed by atoms with Gasteiger partial charge in [-0.3, -0.25) is 0 Å². The van der Waals surface area contributed by atoms with Crippen molar-refractivity contribution < 1.29 is 0 Å². The molecule has 98 valence electrons. The smallest absolute Gasteiger partial charge is 0.0701 e. The highest BCUT2D eigenvalue weighted by Crippen LogP contribution is 2.30. The highest BCUT2D eigenvalue weighted by molar-refractivity contribution is 9.11. The molecule has 0 unspecified atom stereocenters. The maximum Gasteiger partial charge on any atom is 0.0701 e. The Labute approximate surface area is 118 Å². The van der Waals surface area contributed by atoms with Gasteiger partial charge in [0.2, 0.25) is 0 Å². The highest BCUT2D eigenvalue weighted by atomic mass is 79.9. The fourth-order valence-electron chi connectivity index (χ4n) is 1.77. The van der Waals surface area contributed by atoms with Crippen molar-refractivity contribution in [2.24, 2.45) is 5.41 Å². The molecule has 0 amide bonds. The van der Waals surface area contributed by atoms with E-state index in [1.807, 2.05) is 11.3 Å². The van der Waals surface area contributed by atoms with Crippen LogP contribution in [-0.4, -0.2) is 12.6 Å². The second-order valence-corrected chi connectivity index (χ2v) is 8.28. The van der Waals surface area contributed by atoms with Gasteiger partial charge < -0.3 is 5.32 Å². The zero-order valence-corrected chi connectivity index (χ0v) is 13.7. The van der Waals surface area contributed by atoms with Crippen molar-refractivity contribution in [1.82, 2.24) is 5.32 Å². The fraction of sp³-hybridized carbons (Fsp3) is 0.714. The van der Waals surface area contributed by atoms with Crippen molar-refractivity contribution in [2.45, 2.75) is 53.0 Å². The average Bonchev–Trinajstić information content (AvgIpc) is 2.61. The highest BCUT2D eigenvalue weighted by Gasteiger charge is 2.17. The molecule has 0 saturated heterocycles. The zero-order chi connectivity index (χ0) is 12.9. The minimum atomic E-state index is 0.429. The van der Waals surface area contributed by atoms with Gasteiger partial charge in [0.25, 0.3) is 0 Å². The maximum absolute atomic E-state index is 3.52. The third kappa shape index (κ3) is 6.58. The third-order valence-electron chi connectivity index (χ3n) is 3.03. The first kappa shape index (κ1) is 15.2. The zero-order valence-electron chi connectivity index (χ0n) is 11.3. The summed E-state index contributed by atoms with van der Waals surface area (Å²) < 4.78 is 1.24. The van der Waals surface area contributed by atoms with Gasteiger partial charge in [0.15, 0.2) is 0 Å². The van der Waals surface area contributed by atoms with Crippen LogP contribution in [0.1, 0.15) is 45.4 Å². The second kappa shape index (κ2) is 6.91. The van der Waals surface area contributed by atoms with Crippen LogP contribution in [0.2, 0.25) is 0 Å². The Hall–Kier alpha value is 0.140. The summed E-state index contributed by atoms with van der Waals surface area (Å²) in [6, 6.07) is 4.98. The molecule has 1 rings (SSSR count). The van der Waals surface area contributed by atoms with E-state index in [0.717, 1.165) is 6.54 Å². The first-order valence-electron chi connectivity index (χ1n) is 6.37. The molecule has 1 nitrogen and oxygen atoms in total. The summed E-state index contributed by atoms with van der Waals surface area (Å²) in [6.45, 7) is 10.3. The van der Waals surface area contributed by atoms with Gasteiger partial charge in [-0.15, -0.1) is 11.3 Å². The molecule has 3 heteroatoms. The monoisotopic (exact) mass is 317 g/mol. The first-order valence-corrected chi connectivity index (χ1v) is 7.97. The van der Waals surface area contributed by atoms with Crippen LogP contribution < -0.4 is 5.32 Å². The number of rotatable bonds is 7. The standard InChI is InChI=1S/C14H24BrNS/c1-11(2)16-10-9-14(3,4)8-7-12-5-6-13(15)17-12/h5-6,11,16H,7-10H2,1-4H3. The Morgan fingerprint density at radius 3 is 2.53 bits per heavy atom. The molecule has 0 atom stereocenters. The summed E-state index contributed by atoms with van der Waals surface area (Å²) in [5.74, 6) is 0. The van der Waals surface area contributed by atoms with Gasteiger partial charge in [-0.05, 0) is 59.3 Å². The lowest BCUT2D eigenvalue weighted by atomic mass is 9.84. The van der Waals surface area contributed by atoms with E-state index in [1.54, 1.807) is 0 Å². The predicted octanol–water partition coefficient (Wildman–Crippen LogP) is 4.86. The Morgan fingerprint density at radius 2 is 2.00 bits per heavy atom.